The number of benzene rings is 1. The molecule has 0 spiro atoms. The minimum atomic E-state index is 0.499. The maximum Gasteiger partial charge on any atom is 0.227 e. The highest BCUT2D eigenvalue weighted by atomic mass is 16.5. The van der Waals surface area contributed by atoms with Crippen molar-refractivity contribution in [3.05, 3.63) is 65.7 Å². The Hall–Kier alpha value is -2.75. The Morgan fingerprint density at radius 2 is 2.00 bits per heavy atom. The van der Waals surface area contributed by atoms with Crippen LogP contribution < -0.4 is 16.2 Å². The SMILES string of the molecule is C=C/C=C\C(Oc1nc(C)c(N)c2ccc(C)cc12)=C(/C)N. The number of nitrogens with two attached hydrogens (primary N) is 2. The summed E-state index contributed by atoms with van der Waals surface area (Å²) in [5, 5.41) is 1.80. The smallest absolute Gasteiger partial charge is 0.227 e. The number of nitrogen functional groups attached to an aromatic ring is 1. The second kappa shape index (κ2) is 6.35. The average Bonchev–Trinajstić information content (AvgIpc) is 2.48. The molecule has 2 aromatic rings. The average molecular weight is 295 g/mol. The summed E-state index contributed by atoms with van der Waals surface area (Å²) in [5.41, 5.74) is 15.1. The molecule has 1 aromatic heterocycles. The standard InChI is InChI=1S/C18H21N3O/c1-5-6-7-16(12(3)19)22-18-15-10-11(2)8-9-14(15)17(20)13(4)21-18/h5-10H,1,19-20H2,2-4H3/b7-6-,16-12-. The molecule has 0 saturated carbocycles. The van der Waals surface area contributed by atoms with Crippen molar-refractivity contribution in [3.63, 3.8) is 0 Å². The van der Waals surface area contributed by atoms with Crippen molar-refractivity contribution >= 4 is 16.5 Å². The third-order valence-electron chi connectivity index (χ3n) is 3.33. The maximum atomic E-state index is 6.13. The Balaban J connectivity index is 2.62. The number of fused-ring (bicyclic) bond motifs is 1. The highest BCUT2D eigenvalue weighted by Gasteiger charge is 2.12. The summed E-state index contributed by atoms with van der Waals surface area (Å²) < 4.78 is 5.94. The monoisotopic (exact) mass is 295 g/mol. The summed E-state index contributed by atoms with van der Waals surface area (Å²) in [5.74, 6) is 1.04. The molecule has 114 valence electrons. The van der Waals surface area contributed by atoms with Crippen molar-refractivity contribution in [1.82, 2.24) is 4.98 Å². The molecule has 0 saturated heterocycles. The fraction of sp³-hybridized carbons (Fsp3) is 0.167. The number of anilines is 1. The van der Waals surface area contributed by atoms with Gasteiger partial charge in [0, 0.05) is 16.5 Å². The zero-order valence-corrected chi connectivity index (χ0v) is 13.2. The van der Waals surface area contributed by atoms with Gasteiger partial charge in [0.1, 0.15) is 5.76 Å². The van der Waals surface area contributed by atoms with Gasteiger partial charge in [-0.2, -0.15) is 0 Å². The number of aryl methyl sites for hydroxylation is 2. The van der Waals surface area contributed by atoms with Crippen LogP contribution in [0.4, 0.5) is 5.69 Å². The lowest BCUT2D eigenvalue weighted by atomic mass is 10.1. The fourth-order valence-electron chi connectivity index (χ4n) is 2.12. The Labute approximate surface area is 130 Å². The van der Waals surface area contributed by atoms with Crippen molar-refractivity contribution in [2.45, 2.75) is 20.8 Å². The van der Waals surface area contributed by atoms with Gasteiger partial charge in [-0.3, -0.25) is 0 Å². The lowest BCUT2D eigenvalue weighted by Crippen LogP contribution is -2.06. The van der Waals surface area contributed by atoms with Gasteiger partial charge in [0.05, 0.1) is 11.4 Å². The van der Waals surface area contributed by atoms with Crippen LogP contribution in [-0.2, 0) is 0 Å². The Bertz CT molecular complexity index is 785. The molecule has 1 aromatic carbocycles. The van der Waals surface area contributed by atoms with Crippen molar-refractivity contribution in [2.24, 2.45) is 5.73 Å². The first-order valence-corrected chi connectivity index (χ1v) is 7.03. The van der Waals surface area contributed by atoms with E-state index >= 15 is 0 Å². The number of hydrogen-bond acceptors (Lipinski definition) is 4. The fourth-order valence-corrected chi connectivity index (χ4v) is 2.12. The number of nitrogens with zero attached hydrogens (tertiary/aromatic N) is 1. The highest BCUT2D eigenvalue weighted by molar-refractivity contribution is 5.97. The van der Waals surface area contributed by atoms with Crippen LogP contribution in [-0.4, -0.2) is 4.98 Å². The van der Waals surface area contributed by atoms with E-state index in [0.29, 0.717) is 23.0 Å². The zero-order valence-electron chi connectivity index (χ0n) is 13.2. The van der Waals surface area contributed by atoms with Crippen molar-refractivity contribution in [1.29, 1.82) is 0 Å². The van der Waals surface area contributed by atoms with Crippen LogP contribution in [0, 0.1) is 13.8 Å². The molecule has 4 heteroatoms. The minimum Gasteiger partial charge on any atom is -0.437 e. The molecular formula is C18H21N3O. The summed E-state index contributed by atoms with van der Waals surface area (Å²) in [6, 6.07) is 6.01. The van der Waals surface area contributed by atoms with Gasteiger partial charge in [-0.05, 0) is 32.9 Å². The van der Waals surface area contributed by atoms with Gasteiger partial charge in [0.25, 0.3) is 0 Å². The molecule has 0 fully saturated rings. The molecule has 0 aliphatic rings. The molecule has 0 radical (unpaired) electrons. The van der Waals surface area contributed by atoms with E-state index < -0.39 is 0 Å². The quantitative estimate of drug-likeness (QED) is 0.665. The van der Waals surface area contributed by atoms with Crippen molar-refractivity contribution in [3.8, 4) is 5.88 Å². The van der Waals surface area contributed by atoms with Gasteiger partial charge in [-0.15, -0.1) is 0 Å². The summed E-state index contributed by atoms with van der Waals surface area (Å²) in [6.07, 6.45) is 5.19. The van der Waals surface area contributed by atoms with Crippen molar-refractivity contribution < 1.29 is 4.74 Å². The van der Waals surface area contributed by atoms with Gasteiger partial charge in [-0.1, -0.05) is 36.4 Å². The van der Waals surface area contributed by atoms with Gasteiger partial charge in [-0.25, -0.2) is 4.98 Å². The Morgan fingerprint density at radius 3 is 2.64 bits per heavy atom. The number of rotatable bonds is 4. The molecule has 0 bridgehead atoms. The molecule has 1 heterocycles. The lowest BCUT2D eigenvalue weighted by molar-refractivity contribution is 0.424. The topological polar surface area (TPSA) is 74.2 Å². The second-order valence-electron chi connectivity index (χ2n) is 5.21. The van der Waals surface area contributed by atoms with E-state index in [1.807, 2.05) is 32.0 Å². The van der Waals surface area contributed by atoms with E-state index in [9.17, 15) is 0 Å². The van der Waals surface area contributed by atoms with E-state index in [0.717, 1.165) is 22.0 Å². The molecular weight excluding hydrogens is 274 g/mol. The van der Waals surface area contributed by atoms with Gasteiger partial charge in [0.15, 0.2) is 0 Å². The second-order valence-corrected chi connectivity index (χ2v) is 5.21. The highest BCUT2D eigenvalue weighted by Crippen LogP contribution is 2.32. The molecule has 22 heavy (non-hydrogen) atoms. The van der Waals surface area contributed by atoms with Crippen LogP contribution in [0.3, 0.4) is 0 Å². The first-order chi connectivity index (χ1) is 10.4. The molecule has 4 N–H and O–H groups in total. The maximum absolute atomic E-state index is 6.13. The van der Waals surface area contributed by atoms with Gasteiger partial charge < -0.3 is 16.2 Å². The van der Waals surface area contributed by atoms with Crippen LogP contribution in [0.15, 0.2) is 54.5 Å². The summed E-state index contributed by atoms with van der Waals surface area (Å²) in [6.45, 7) is 9.30. The molecule has 0 aliphatic carbocycles. The lowest BCUT2D eigenvalue weighted by Gasteiger charge is -2.13. The molecule has 0 amide bonds. The largest absolute Gasteiger partial charge is 0.437 e. The molecule has 2 rings (SSSR count). The van der Waals surface area contributed by atoms with E-state index in [1.54, 1.807) is 25.2 Å². The predicted octanol–water partition coefficient (Wildman–Crippen LogP) is 3.75. The van der Waals surface area contributed by atoms with Crippen LogP contribution in [0.5, 0.6) is 5.88 Å². The number of aromatic nitrogens is 1. The number of allylic oxidation sites excluding steroid dienone is 4. The van der Waals surface area contributed by atoms with Crippen LogP contribution in [0.25, 0.3) is 10.8 Å². The van der Waals surface area contributed by atoms with Gasteiger partial charge in [0.2, 0.25) is 5.88 Å². The van der Waals surface area contributed by atoms with E-state index in [2.05, 4.69) is 11.6 Å². The normalized spacial score (nSPS) is 12.5. The summed E-state index contributed by atoms with van der Waals surface area (Å²) in [4.78, 5) is 4.48. The molecule has 0 atom stereocenters. The van der Waals surface area contributed by atoms with Crippen LogP contribution >= 0.6 is 0 Å². The number of hydrogen-bond donors (Lipinski definition) is 2. The first kappa shape index (κ1) is 15.6. The molecule has 4 nitrogen and oxygen atoms in total. The summed E-state index contributed by atoms with van der Waals surface area (Å²) in [7, 11) is 0. The van der Waals surface area contributed by atoms with E-state index in [1.165, 1.54) is 0 Å². The zero-order chi connectivity index (χ0) is 16.3. The first-order valence-electron chi connectivity index (χ1n) is 7.03. The van der Waals surface area contributed by atoms with Crippen LogP contribution in [0.2, 0.25) is 0 Å². The Morgan fingerprint density at radius 1 is 1.27 bits per heavy atom. The minimum absolute atomic E-state index is 0.499. The predicted molar refractivity (Wildman–Crippen MR) is 92.5 cm³/mol. The third kappa shape index (κ3) is 3.11. The number of ether oxygens (including phenoxy) is 1. The van der Waals surface area contributed by atoms with E-state index in [-0.39, 0.29) is 0 Å². The van der Waals surface area contributed by atoms with Crippen molar-refractivity contribution in [2.75, 3.05) is 5.73 Å². The molecule has 0 unspecified atom stereocenters. The van der Waals surface area contributed by atoms with E-state index in [4.69, 9.17) is 16.2 Å². The van der Waals surface area contributed by atoms with Gasteiger partial charge >= 0.3 is 0 Å². The van der Waals surface area contributed by atoms with Crippen LogP contribution in [0.1, 0.15) is 18.2 Å². The molecule has 0 aliphatic heterocycles. The Kier molecular flexibility index (Phi) is 4.51. The summed E-state index contributed by atoms with van der Waals surface area (Å²) >= 11 is 0. The number of pyridine rings is 1. The third-order valence-corrected chi connectivity index (χ3v) is 3.33.